The van der Waals surface area contributed by atoms with Crippen molar-refractivity contribution in [3.05, 3.63) is 0 Å². The van der Waals surface area contributed by atoms with Crippen LogP contribution in [0.4, 0.5) is 0 Å². The van der Waals surface area contributed by atoms with Crippen LogP contribution in [0.3, 0.4) is 0 Å². The fraction of sp³-hybridized carbons (Fsp3) is 0.889. The average molecular weight is 236 g/mol. The molecule has 0 aromatic carbocycles. The molecule has 0 spiro atoms. The van der Waals surface area contributed by atoms with Crippen LogP contribution in [-0.4, -0.2) is 45.6 Å². The molecule has 1 N–H and O–H groups in total. The first-order valence-electron chi connectivity index (χ1n) is 4.82. The van der Waals surface area contributed by atoms with Crippen molar-refractivity contribution in [3.8, 4) is 0 Å². The van der Waals surface area contributed by atoms with Gasteiger partial charge >= 0.3 is 0 Å². The van der Waals surface area contributed by atoms with Gasteiger partial charge in [0.15, 0.2) is 0 Å². The first-order chi connectivity index (χ1) is 6.63. The lowest BCUT2D eigenvalue weighted by Crippen LogP contribution is -2.46. The van der Waals surface area contributed by atoms with E-state index in [2.05, 4.69) is 4.72 Å². The van der Waals surface area contributed by atoms with Crippen molar-refractivity contribution in [2.24, 2.45) is 5.92 Å². The highest BCUT2D eigenvalue weighted by Crippen LogP contribution is 2.07. The van der Waals surface area contributed by atoms with Crippen LogP contribution in [0.2, 0.25) is 0 Å². The minimum absolute atomic E-state index is 0.214. The molecule has 0 saturated heterocycles. The number of nitrogens with one attached hydrogen (secondary N) is 1. The highest BCUT2D eigenvalue weighted by Gasteiger charge is 2.24. The van der Waals surface area contributed by atoms with Crippen molar-refractivity contribution in [1.82, 2.24) is 9.62 Å². The molecule has 1 atom stereocenters. The maximum atomic E-state index is 11.7. The van der Waals surface area contributed by atoms with Crippen LogP contribution in [0.5, 0.6) is 0 Å². The van der Waals surface area contributed by atoms with Gasteiger partial charge in [0.05, 0.1) is 6.26 Å². The van der Waals surface area contributed by atoms with E-state index >= 15 is 0 Å². The Bertz CT molecular complexity index is 309. The molecule has 0 heterocycles. The first-order valence-corrected chi connectivity index (χ1v) is 6.71. The van der Waals surface area contributed by atoms with E-state index in [1.807, 2.05) is 13.8 Å². The number of nitrogens with zero attached hydrogens (tertiary/aromatic N) is 1. The molecule has 0 fully saturated rings. The topological polar surface area (TPSA) is 66.5 Å². The molecule has 0 aliphatic rings. The van der Waals surface area contributed by atoms with E-state index in [9.17, 15) is 13.2 Å². The second-order valence-corrected chi connectivity index (χ2v) is 6.08. The maximum absolute atomic E-state index is 11.7. The SMILES string of the molecule is CC(C)CC(NS(C)(=O)=O)C(=O)N(C)C. The first kappa shape index (κ1) is 14.4. The van der Waals surface area contributed by atoms with Gasteiger partial charge in [0.2, 0.25) is 15.9 Å². The number of hydrogen-bond acceptors (Lipinski definition) is 3. The Kier molecular flexibility index (Phi) is 5.23. The van der Waals surface area contributed by atoms with Crippen molar-refractivity contribution in [2.45, 2.75) is 26.3 Å². The summed E-state index contributed by atoms with van der Waals surface area (Å²) in [5, 5.41) is 0. The molecular weight excluding hydrogens is 216 g/mol. The van der Waals surface area contributed by atoms with Crippen molar-refractivity contribution in [3.63, 3.8) is 0 Å². The Balaban J connectivity index is 4.66. The van der Waals surface area contributed by atoms with Gasteiger partial charge in [-0.25, -0.2) is 13.1 Å². The fourth-order valence-electron chi connectivity index (χ4n) is 1.24. The monoisotopic (exact) mass is 236 g/mol. The molecule has 0 aliphatic heterocycles. The number of amides is 1. The molecule has 6 heteroatoms. The normalized spacial score (nSPS) is 14.0. The molecule has 15 heavy (non-hydrogen) atoms. The third-order valence-corrected chi connectivity index (χ3v) is 2.51. The summed E-state index contributed by atoms with van der Waals surface area (Å²) in [4.78, 5) is 13.0. The number of rotatable bonds is 5. The zero-order chi connectivity index (χ0) is 12.2. The summed E-state index contributed by atoms with van der Waals surface area (Å²) in [6.45, 7) is 3.89. The Morgan fingerprint density at radius 2 is 1.80 bits per heavy atom. The molecule has 0 bridgehead atoms. The summed E-state index contributed by atoms with van der Waals surface area (Å²) in [5.74, 6) is 0.0438. The van der Waals surface area contributed by atoms with Gasteiger partial charge in [0.1, 0.15) is 6.04 Å². The van der Waals surface area contributed by atoms with Gasteiger partial charge in [0, 0.05) is 14.1 Å². The molecular formula is C9H20N2O3S. The van der Waals surface area contributed by atoms with Gasteiger partial charge in [-0.2, -0.15) is 0 Å². The van der Waals surface area contributed by atoms with Crippen molar-refractivity contribution in [2.75, 3.05) is 20.4 Å². The van der Waals surface area contributed by atoms with Crippen LogP contribution in [0.15, 0.2) is 0 Å². The van der Waals surface area contributed by atoms with E-state index in [4.69, 9.17) is 0 Å². The maximum Gasteiger partial charge on any atom is 0.240 e. The molecule has 1 amide bonds. The van der Waals surface area contributed by atoms with E-state index in [1.54, 1.807) is 14.1 Å². The number of carbonyl (C=O) groups excluding carboxylic acids is 1. The van der Waals surface area contributed by atoms with E-state index in [1.165, 1.54) is 4.90 Å². The average Bonchev–Trinajstić information content (AvgIpc) is 1.97. The lowest BCUT2D eigenvalue weighted by atomic mass is 10.0. The Morgan fingerprint density at radius 3 is 2.07 bits per heavy atom. The van der Waals surface area contributed by atoms with Gasteiger partial charge in [-0.1, -0.05) is 13.8 Å². The molecule has 0 radical (unpaired) electrons. The summed E-state index contributed by atoms with van der Waals surface area (Å²) >= 11 is 0. The zero-order valence-corrected chi connectivity index (χ0v) is 10.8. The summed E-state index contributed by atoms with van der Waals surface area (Å²) in [6, 6.07) is -0.657. The van der Waals surface area contributed by atoms with E-state index in [0.717, 1.165) is 6.26 Å². The van der Waals surface area contributed by atoms with Crippen LogP contribution >= 0.6 is 0 Å². The molecule has 5 nitrogen and oxygen atoms in total. The Hall–Kier alpha value is -0.620. The second-order valence-electron chi connectivity index (χ2n) is 4.30. The highest BCUT2D eigenvalue weighted by atomic mass is 32.2. The van der Waals surface area contributed by atoms with Gasteiger partial charge in [-0.3, -0.25) is 4.79 Å². The van der Waals surface area contributed by atoms with Gasteiger partial charge < -0.3 is 4.90 Å². The van der Waals surface area contributed by atoms with E-state index in [0.29, 0.717) is 6.42 Å². The lowest BCUT2D eigenvalue weighted by Gasteiger charge is -2.22. The fourth-order valence-corrected chi connectivity index (χ4v) is 1.95. The molecule has 0 aromatic rings. The van der Waals surface area contributed by atoms with E-state index < -0.39 is 16.1 Å². The Labute approximate surface area is 91.9 Å². The van der Waals surface area contributed by atoms with Crippen LogP contribution in [0.25, 0.3) is 0 Å². The molecule has 0 saturated carbocycles. The highest BCUT2D eigenvalue weighted by molar-refractivity contribution is 7.88. The molecule has 1 unspecified atom stereocenters. The third-order valence-electron chi connectivity index (χ3n) is 1.80. The van der Waals surface area contributed by atoms with Crippen LogP contribution in [0.1, 0.15) is 20.3 Å². The predicted octanol–water partition coefficient (Wildman–Crippen LogP) is 0.0385. The van der Waals surface area contributed by atoms with E-state index in [-0.39, 0.29) is 11.8 Å². The minimum atomic E-state index is -3.34. The Morgan fingerprint density at radius 1 is 1.33 bits per heavy atom. The number of hydrogen-bond donors (Lipinski definition) is 1. The smallest absolute Gasteiger partial charge is 0.240 e. The van der Waals surface area contributed by atoms with Gasteiger partial charge in [0.25, 0.3) is 0 Å². The molecule has 0 rings (SSSR count). The molecule has 0 aliphatic carbocycles. The van der Waals surface area contributed by atoms with Crippen LogP contribution in [-0.2, 0) is 14.8 Å². The lowest BCUT2D eigenvalue weighted by molar-refractivity contribution is -0.130. The van der Waals surface area contributed by atoms with Crippen LogP contribution in [0, 0.1) is 5.92 Å². The van der Waals surface area contributed by atoms with Crippen molar-refractivity contribution < 1.29 is 13.2 Å². The molecule has 90 valence electrons. The zero-order valence-electron chi connectivity index (χ0n) is 9.94. The third kappa shape index (κ3) is 6.46. The quantitative estimate of drug-likeness (QED) is 0.733. The van der Waals surface area contributed by atoms with Crippen molar-refractivity contribution in [1.29, 1.82) is 0 Å². The summed E-state index contributed by atoms with van der Waals surface area (Å²) in [6.07, 6.45) is 1.56. The van der Waals surface area contributed by atoms with Gasteiger partial charge in [-0.15, -0.1) is 0 Å². The predicted molar refractivity (Wildman–Crippen MR) is 59.9 cm³/mol. The largest absolute Gasteiger partial charge is 0.347 e. The second kappa shape index (κ2) is 5.46. The summed E-state index contributed by atoms with van der Waals surface area (Å²) in [5.41, 5.74) is 0. The van der Waals surface area contributed by atoms with Gasteiger partial charge in [-0.05, 0) is 12.3 Å². The standard InChI is InChI=1S/C9H20N2O3S/c1-7(2)6-8(9(12)11(3)4)10-15(5,13)14/h7-8,10H,6H2,1-5H3. The summed E-state index contributed by atoms with van der Waals surface area (Å²) < 4.78 is 24.5. The van der Waals surface area contributed by atoms with Crippen LogP contribution < -0.4 is 4.72 Å². The van der Waals surface area contributed by atoms with Crippen molar-refractivity contribution >= 4 is 15.9 Å². The minimum Gasteiger partial charge on any atom is -0.347 e. The number of carbonyl (C=O) groups is 1. The molecule has 0 aromatic heterocycles. The number of sulfonamides is 1. The number of likely N-dealkylation sites (N-methyl/N-ethyl adjacent to an activating group) is 1. The summed E-state index contributed by atoms with van der Waals surface area (Å²) in [7, 11) is -0.124.